The lowest BCUT2D eigenvalue weighted by atomic mass is 10.1. The summed E-state index contributed by atoms with van der Waals surface area (Å²) >= 11 is 0. The average Bonchev–Trinajstić information content (AvgIpc) is 3.17. The van der Waals surface area contributed by atoms with E-state index in [1.54, 1.807) is 17.1 Å². The van der Waals surface area contributed by atoms with Gasteiger partial charge in [0.2, 0.25) is 0 Å². The topological polar surface area (TPSA) is 72.3 Å². The minimum atomic E-state index is -0.0910. The summed E-state index contributed by atoms with van der Waals surface area (Å²) in [5.41, 5.74) is 1.59. The molecule has 0 spiro atoms. The molecule has 0 aliphatic carbocycles. The maximum absolute atomic E-state index is 12.7. The van der Waals surface area contributed by atoms with Gasteiger partial charge in [0, 0.05) is 25.4 Å². The molecule has 1 saturated heterocycles. The van der Waals surface area contributed by atoms with Crippen molar-refractivity contribution < 1.29 is 9.53 Å². The molecule has 3 rings (SSSR count). The van der Waals surface area contributed by atoms with Gasteiger partial charge in [0.25, 0.3) is 0 Å². The second-order valence-electron chi connectivity index (χ2n) is 6.26. The molecule has 0 saturated carbocycles. The summed E-state index contributed by atoms with van der Waals surface area (Å²) in [6.07, 6.45) is 7.77. The Bertz CT molecular complexity index is 668. The van der Waals surface area contributed by atoms with Crippen LogP contribution in [0, 0.1) is 0 Å². The van der Waals surface area contributed by atoms with Crippen LogP contribution in [0.5, 0.6) is 0 Å². The normalized spacial score (nSPS) is 17.2. The summed E-state index contributed by atoms with van der Waals surface area (Å²) in [7, 11) is 0. The second-order valence-corrected chi connectivity index (χ2v) is 6.26. The van der Waals surface area contributed by atoms with E-state index in [2.05, 4.69) is 22.6 Å². The van der Waals surface area contributed by atoms with Crippen molar-refractivity contribution >= 4 is 11.7 Å². The number of benzene rings is 1. The molecule has 2 aromatic rings. The van der Waals surface area contributed by atoms with Crippen molar-refractivity contribution in [2.45, 2.75) is 38.7 Å². The Hall–Kier alpha value is -2.41. The Kier molecular flexibility index (Phi) is 6.00. The Balaban J connectivity index is 1.65. The first kappa shape index (κ1) is 17.4. The molecular formula is C18H25N5O2. The highest BCUT2D eigenvalue weighted by molar-refractivity contribution is 5.89. The molecule has 134 valence electrons. The van der Waals surface area contributed by atoms with Crippen molar-refractivity contribution in [3.05, 3.63) is 36.7 Å². The minimum Gasteiger partial charge on any atom is -0.376 e. The van der Waals surface area contributed by atoms with Crippen LogP contribution in [-0.4, -0.2) is 51.7 Å². The van der Waals surface area contributed by atoms with E-state index in [1.165, 1.54) is 6.42 Å². The monoisotopic (exact) mass is 343 g/mol. The number of rotatable bonds is 6. The zero-order valence-corrected chi connectivity index (χ0v) is 14.6. The molecule has 2 heterocycles. The Morgan fingerprint density at radius 2 is 2.36 bits per heavy atom. The molecule has 7 heteroatoms. The van der Waals surface area contributed by atoms with Crippen LogP contribution in [0.25, 0.3) is 5.69 Å². The summed E-state index contributed by atoms with van der Waals surface area (Å²) in [6.45, 7) is 4.23. The zero-order valence-electron chi connectivity index (χ0n) is 14.6. The lowest BCUT2D eigenvalue weighted by molar-refractivity contribution is 0.00162. The van der Waals surface area contributed by atoms with Crippen LogP contribution in [0.3, 0.4) is 0 Å². The van der Waals surface area contributed by atoms with Crippen molar-refractivity contribution in [1.29, 1.82) is 0 Å². The van der Waals surface area contributed by atoms with Gasteiger partial charge in [-0.1, -0.05) is 18.2 Å². The number of carbonyl (C=O) groups excluding carboxylic acids is 1. The molecule has 0 radical (unpaired) electrons. The Labute approximate surface area is 148 Å². The van der Waals surface area contributed by atoms with E-state index in [4.69, 9.17) is 4.74 Å². The fraction of sp³-hybridized carbons (Fsp3) is 0.500. The third-order valence-corrected chi connectivity index (χ3v) is 4.26. The molecule has 1 aromatic carbocycles. The summed E-state index contributed by atoms with van der Waals surface area (Å²) in [6, 6.07) is 7.48. The van der Waals surface area contributed by atoms with Crippen LogP contribution in [0.2, 0.25) is 0 Å². The number of nitrogens with zero attached hydrogens (tertiary/aromatic N) is 4. The molecule has 0 bridgehead atoms. The SMILES string of the molecule is CCCN(C[C@@H]1CCCCO1)C(=O)Nc1cccc(-n2ccnn2)c1. The average molecular weight is 343 g/mol. The molecule has 25 heavy (non-hydrogen) atoms. The first-order valence-electron chi connectivity index (χ1n) is 8.90. The standard InChI is InChI=1S/C18H25N5O2/c1-2-10-22(14-17-8-3-4-12-25-17)18(24)20-15-6-5-7-16(13-15)23-11-9-19-21-23/h5-7,9,11,13,17H,2-4,8,10,12,14H2,1H3,(H,20,24)/t17-/m0/s1. The number of carbonyl (C=O) groups is 1. The van der Waals surface area contributed by atoms with Gasteiger partial charge in [-0.3, -0.25) is 0 Å². The fourth-order valence-electron chi connectivity index (χ4n) is 3.02. The Morgan fingerprint density at radius 3 is 3.08 bits per heavy atom. The number of anilines is 1. The molecule has 1 aliphatic heterocycles. The number of amides is 2. The lowest BCUT2D eigenvalue weighted by Gasteiger charge is -2.30. The third-order valence-electron chi connectivity index (χ3n) is 4.26. The highest BCUT2D eigenvalue weighted by Crippen LogP contribution is 2.17. The van der Waals surface area contributed by atoms with Gasteiger partial charge in [-0.25, -0.2) is 9.48 Å². The number of nitrogens with one attached hydrogen (secondary N) is 1. The first-order valence-corrected chi connectivity index (χ1v) is 8.90. The quantitative estimate of drug-likeness (QED) is 0.875. The van der Waals surface area contributed by atoms with E-state index >= 15 is 0 Å². The van der Waals surface area contributed by atoms with Gasteiger partial charge in [0.15, 0.2) is 0 Å². The maximum Gasteiger partial charge on any atom is 0.321 e. The smallest absolute Gasteiger partial charge is 0.321 e. The van der Waals surface area contributed by atoms with Crippen molar-refractivity contribution in [2.24, 2.45) is 0 Å². The maximum atomic E-state index is 12.7. The van der Waals surface area contributed by atoms with Crippen molar-refractivity contribution in [3.63, 3.8) is 0 Å². The number of ether oxygens (including phenoxy) is 1. The van der Waals surface area contributed by atoms with Crippen LogP contribution < -0.4 is 5.32 Å². The number of hydrogen-bond donors (Lipinski definition) is 1. The fourth-order valence-corrected chi connectivity index (χ4v) is 3.02. The van der Waals surface area contributed by atoms with Crippen molar-refractivity contribution in [2.75, 3.05) is 25.0 Å². The van der Waals surface area contributed by atoms with Gasteiger partial charge in [0.1, 0.15) is 0 Å². The highest BCUT2D eigenvalue weighted by atomic mass is 16.5. The number of urea groups is 1. The van der Waals surface area contributed by atoms with Crippen molar-refractivity contribution in [3.8, 4) is 5.69 Å². The van der Waals surface area contributed by atoms with E-state index in [9.17, 15) is 4.79 Å². The van der Waals surface area contributed by atoms with Crippen LogP contribution in [0.1, 0.15) is 32.6 Å². The summed E-state index contributed by atoms with van der Waals surface area (Å²) in [5, 5.41) is 10.8. The number of hydrogen-bond acceptors (Lipinski definition) is 4. The zero-order chi connectivity index (χ0) is 17.5. The largest absolute Gasteiger partial charge is 0.376 e. The molecule has 7 nitrogen and oxygen atoms in total. The van der Waals surface area contributed by atoms with E-state index in [0.717, 1.165) is 37.2 Å². The van der Waals surface area contributed by atoms with Crippen molar-refractivity contribution in [1.82, 2.24) is 19.9 Å². The molecular weight excluding hydrogens is 318 g/mol. The van der Waals surface area contributed by atoms with E-state index in [0.29, 0.717) is 13.1 Å². The minimum absolute atomic E-state index is 0.0910. The molecule has 2 amide bonds. The van der Waals surface area contributed by atoms with Crippen LogP contribution in [-0.2, 0) is 4.74 Å². The predicted octanol–water partition coefficient (Wildman–Crippen LogP) is 3.08. The number of aromatic nitrogens is 3. The van der Waals surface area contributed by atoms with Gasteiger partial charge < -0.3 is 15.0 Å². The molecule has 1 aliphatic rings. The van der Waals surface area contributed by atoms with Gasteiger partial charge in [-0.2, -0.15) is 0 Å². The lowest BCUT2D eigenvalue weighted by Crippen LogP contribution is -2.42. The summed E-state index contributed by atoms with van der Waals surface area (Å²) < 4.78 is 7.45. The van der Waals surface area contributed by atoms with Crippen LogP contribution in [0.15, 0.2) is 36.7 Å². The van der Waals surface area contributed by atoms with E-state index < -0.39 is 0 Å². The van der Waals surface area contributed by atoms with Gasteiger partial charge in [-0.05, 0) is 43.9 Å². The first-order chi connectivity index (χ1) is 12.3. The highest BCUT2D eigenvalue weighted by Gasteiger charge is 2.21. The van der Waals surface area contributed by atoms with Gasteiger partial charge >= 0.3 is 6.03 Å². The molecule has 1 aromatic heterocycles. The second kappa shape index (κ2) is 8.62. The van der Waals surface area contributed by atoms with Gasteiger partial charge in [-0.15, -0.1) is 5.10 Å². The van der Waals surface area contributed by atoms with E-state index in [-0.39, 0.29) is 12.1 Å². The van der Waals surface area contributed by atoms with Crippen LogP contribution in [0.4, 0.5) is 10.5 Å². The Morgan fingerprint density at radius 1 is 1.44 bits per heavy atom. The molecule has 0 unspecified atom stereocenters. The predicted molar refractivity (Wildman–Crippen MR) is 95.8 cm³/mol. The third kappa shape index (κ3) is 4.79. The molecule has 1 atom stereocenters. The summed E-state index contributed by atoms with van der Waals surface area (Å²) in [4.78, 5) is 14.5. The van der Waals surface area contributed by atoms with Crippen LogP contribution >= 0.6 is 0 Å². The summed E-state index contributed by atoms with van der Waals surface area (Å²) in [5.74, 6) is 0. The van der Waals surface area contributed by atoms with Gasteiger partial charge in [0.05, 0.1) is 24.2 Å². The molecule has 1 fully saturated rings. The van der Waals surface area contributed by atoms with E-state index in [1.807, 2.05) is 29.2 Å². The molecule has 1 N–H and O–H groups in total.